The van der Waals surface area contributed by atoms with Crippen molar-refractivity contribution in [2.24, 2.45) is 0 Å². The number of aliphatic hydroxyl groups is 1. The minimum Gasteiger partial charge on any atom is -0.387 e. The first kappa shape index (κ1) is 16.5. The van der Waals surface area contributed by atoms with E-state index >= 15 is 0 Å². The first-order valence-corrected chi connectivity index (χ1v) is 8.35. The fraction of sp³-hybridized carbons (Fsp3) is 0.583. The van der Waals surface area contributed by atoms with E-state index in [0.29, 0.717) is 18.9 Å². The highest BCUT2D eigenvalue weighted by molar-refractivity contribution is 7.92. The number of sulfone groups is 1. The minimum atomic E-state index is -4.65. The molecule has 1 aromatic rings. The van der Waals surface area contributed by atoms with Gasteiger partial charge in [-0.15, -0.1) is 0 Å². The van der Waals surface area contributed by atoms with Gasteiger partial charge in [-0.25, -0.2) is 13.4 Å². The van der Waals surface area contributed by atoms with Crippen LogP contribution < -0.4 is 0 Å². The van der Waals surface area contributed by atoms with E-state index in [4.69, 9.17) is 11.6 Å². The Balaban J connectivity index is 2.34. The van der Waals surface area contributed by atoms with Gasteiger partial charge in [0.15, 0.2) is 9.84 Å². The molecule has 0 aromatic carbocycles. The molecule has 0 amide bonds. The van der Waals surface area contributed by atoms with Crippen LogP contribution in [0.25, 0.3) is 0 Å². The van der Waals surface area contributed by atoms with Crippen LogP contribution in [0.2, 0.25) is 5.15 Å². The molecule has 21 heavy (non-hydrogen) atoms. The summed E-state index contributed by atoms with van der Waals surface area (Å²) in [5.41, 5.74) is -1.28. The number of aliphatic hydroxyl groups excluding tert-OH is 1. The molecule has 0 saturated carbocycles. The molecule has 0 aliphatic carbocycles. The van der Waals surface area contributed by atoms with Crippen molar-refractivity contribution < 1.29 is 26.7 Å². The number of nitrogens with zero attached hydrogens (tertiary/aromatic N) is 1. The van der Waals surface area contributed by atoms with E-state index < -0.39 is 38.2 Å². The molecule has 1 fully saturated rings. The Morgan fingerprint density at radius 3 is 2.52 bits per heavy atom. The lowest BCUT2D eigenvalue weighted by Crippen LogP contribution is -2.34. The van der Waals surface area contributed by atoms with E-state index in [1.54, 1.807) is 0 Å². The van der Waals surface area contributed by atoms with Gasteiger partial charge in [-0.1, -0.05) is 24.1 Å². The van der Waals surface area contributed by atoms with E-state index in [2.05, 4.69) is 4.98 Å². The zero-order chi connectivity index (χ0) is 15.8. The zero-order valence-electron chi connectivity index (χ0n) is 10.8. The van der Waals surface area contributed by atoms with Gasteiger partial charge in [0.2, 0.25) is 0 Å². The summed E-state index contributed by atoms with van der Waals surface area (Å²) >= 11 is 5.68. The molecule has 0 spiro atoms. The fourth-order valence-electron chi connectivity index (χ4n) is 2.36. The van der Waals surface area contributed by atoms with Crippen LogP contribution in [-0.2, 0) is 16.0 Å². The summed E-state index contributed by atoms with van der Waals surface area (Å²) < 4.78 is 61.4. The van der Waals surface area contributed by atoms with Gasteiger partial charge < -0.3 is 5.11 Å². The van der Waals surface area contributed by atoms with E-state index in [0.717, 1.165) is 6.07 Å². The maximum Gasteiger partial charge on any atom is 0.433 e. The summed E-state index contributed by atoms with van der Waals surface area (Å²) in [5, 5.41) is 8.59. The fourth-order valence-corrected chi connectivity index (χ4v) is 4.60. The Hall–Kier alpha value is -0.860. The van der Waals surface area contributed by atoms with E-state index in [1.165, 1.54) is 0 Å². The zero-order valence-corrected chi connectivity index (χ0v) is 12.3. The number of hydrogen-bond donors (Lipinski definition) is 1. The monoisotopic (exact) mass is 343 g/mol. The summed E-state index contributed by atoms with van der Waals surface area (Å²) in [6.07, 6.45) is -4.72. The van der Waals surface area contributed by atoms with Crippen LogP contribution >= 0.6 is 11.6 Å². The largest absolute Gasteiger partial charge is 0.433 e. The number of rotatable bonds is 2. The Labute approximate surface area is 124 Å². The van der Waals surface area contributed by atoms with Crippen molar-refractivity contribution in [2.75, 3.05) is 5.75 Å². The van der Waals surface area contributed by atoms with Crippen molar-refractivity contribution in [3.8, 4) is 0 Å². The summed E-state index contributed by atoms with van der Waals surface area (Å²) in [5.74, 6) is -0.0413. The van der Waals surface area contributed by atoms with Crippen molar-refractivity contribution in [1.82, 2.24) is 4.98 Å². The highest BCUT2D eigenvalue weighted by Crippen LogP contribution is 2.35. The van der Waals surface area contributed by atoms with Crippen LogP contribution in [0.5, 0.6) is 0 Å². The molecule has 4 nitrogen and oxygen atoms in total. The molecule has 1 saturated heterocycles. The predicted molar refractivity (Wildman–Crippen MR) is 70.6 cm³/mol. The minimum absolute atomic E-state index is 0.0413. The Bertz CT molecular complexity index is 633. The predicted octanol–water partition coefficient (Wildman–Crippen LogP) is 2.75. The molecule has 118 valence electrons. The third-order valence-electron chi connectivity index (χ3n) is 3.47. The first-order valence-electron chi connectivity index (χ1n) is 6.26. The van der Waals surface area contributed by atoms with Crippen molar-refractivity contribution in [3.05, 3.63) is 28.5 Å². The van der Waals surface area contributed by atoms with Gasteiger partial charge in [-0.3, -0.25) is 0 Å². The molecule has 0 bridgehead atoms. The quantitative estimate of drug-likeness (QED) is 0.838. The normalized spacial score (nSPS) is 23.8. The van der Waals surface area contributed by atoms with Crippen molar-refractivity contribution >= 4 is 21.4 Å². The lowest BCUT2D eigenvalue weighted by Gasteiger charge is -2.27. The maximum absolute atomic E-state index is 12.5. The van der Waals surface area contributed by atoms with Crippen molar-refractivity contribution in [2.45, 2.75) is 36.8 Å². The molecular formula is C12H13ClF3NO3S. The molecule has 1 N–H and O–H groups in total. The van der Waals surface area contributed by atoms with Gasteiger partial charge in [-0.2, -0.15) is 13.2 Å². The summed E-state index contributed by atoms with van der Waals surface area (Å²) in [4.78, 5) is 3.19. The molecular weight excluding hydrogens is 331 g/mol. The van der Waals surface area contributed by atoms with Crippen molar-refractivity contribution in [1.29, 1.82) is 0 Å². The number of pyridine rings is 1. The second kappa shape index (κ2) is 5.73. The average Bonchev–Trinajstić information content (AvgIpc) is 2.36. The topological polar surface area (TPSA) is 67.3 Å². The Morgan fingerprint density at radius 1 is 1.33 bits per heavy atom. The molecule has 2 rings (SSSR count). The van der Waals surface area contributed by atoms with Crippen molar-refractivity contribution in [3.63, 3.8) is 0 Å². The second-order valence-electron chi connectivity index (χ2n) is 4.92. The third kappa shape index (κ3) is 3.49. The van der Waals surface area contributed by atoms with E-state index in [-0.39, 0.29) is 17.7 Å². The molecule has 9 heteroatoms. The lowest BCUT2D eigenvalue weighted by atomic mass is 10.0. The van der Waals surface area contributed by atoms with Gasteiger partial charge in [-0.05, 0) is 18.9 Å². The maximum atomic E-state index is 12.5. The van der Waals surface area contributed by atoms with Gasteiger partial charge in [0, 0.05) is 5.56 Å². The Kier molecular flexibility index (Phi) is 4.51. The summed E-state index contributed by atoms with van der Waals surface area (Å²) in [6.45, 7) is 0. The van der Waals surface area contributed by atoms with E-state index in [9.17, 15) is 26.7 Å². The molecule has 1 aromatic heterocycles. The van der Waals surface area contributed by atoms with Gasteiger partial charge in [0.1, 0.15) is 10.8 Å². The van der Waals surface area contributed by atoms with Gasteiger partial charge in [0.05, 0.1) is 17.1 Å². The average molecular weight is 344 g/mol. The molecule has 1 aliphatic heterocycles. The smallest absolute Gasteiger partial charge is 0.387 e. The molecule has 2 atom stereocenters. The SMILES string of the molecule is O=S1(=O)CCCCC1C(O)c1ccc(C(F)(F)F)nc1Cl. The van der Waals surface area contributed by atoms with Crippen LogP contribution in [0, 0.1) is 0 Å². The number of halogens is 4. The highest BCUT2D eigenvalue weighted by atomic mass is 35.5. The van der Waals surface area contributed by atoms with Gasteiger partial charge in [0.25, 0.3) is 0 Å². The lowest BCUT2D eigenvalue weighted by molar-refractivity contribution is -0.141. The molecule has 2 unspecified atom stereocenters. The second-order valence-corrected chi connectivity index (χ2v) is 7.62. The summed E-state index contributed by atoms with van der Waals surface area (Å²) in [6, 6.07) is 1.66. The highest BCUT2D eigenvalue weighted by Gasteiger charge is 2.38. The number of aromatic nitrogens is 1. The third-order valence-corrected chi connectivity index (χ3v) is 6.04. The van der Waals surface area contributed by atoms with Crippen LogP contribution in [0.1, 0.15) is 36.6 Å². The van der Waals surface area contributed by atoms with Crippen LogP contribution in [0.15, 0.2) is 12.1 Å². The molecule has 1 aliphatic rings. The standard InChI is InChI=1S/C12H13ClF3NO3S/c13-11-7(4-5-9(17-11)12(14,15)16)10(18)8-3-1-2-6-21(8,19)20/h4-5,8,10,18H,1-3,6H2. The van der Waals surface area contributed by atoms with Crippen LogP contribution in [-0.4, -0.2) is 29.5 Å². The van der Waals surface area contributed by atoms with Gasteiger partial charge >= 0.3 is 6.18 Å². The molecule has 0 radical (unpaired) electrons. The van der Waals surface area contributed by atoms with Crippen LogP contribution in [0.3, 0.4) is 0 Å². The number of hydrogen-bond acceptors (Lipinski definition) is 4. The summed E-state index contributed by atoms with van der Waals surface area (Å²) in [7, 11) is -3.48. The number of alkyl halides is 3. The van der Waals surface area contributed by atoms with Crippen LogP contribution in [0.4, 0.5) is 13.2 Å². The molecule has 2 heterocycles. The first-order chi connectivity index (χ1) is 9.63. The van der Waals surface area contributed by atoms with E-state index in [1.807, 2.05) is 0 Å². The Morgan fingerprint density at radius 2 is 2.00 bits per heavy atom.